The first-order valence-electron chi connectivity index (χ1n) is 8.44. The van der Waals surface area contributed by atoms with Gasteiger partial charge >= 0.3 is 0 Å². The molecule has 0 atom stereocenters. The predicted molar refractivity (Wildman–Crippen MR) is 97.8 cm³/mol. The van der Waals surface area contributed by atoms with Crippen LogP contribution in [0.15, 0.2) is 36.7 Å². The van der Waals surface area contributed by atoms with Crippen molar-refractivity contribution in [3.05, 3.63) is 42.2 Å². The van der Waals surface area contributed by atoms with Gasteiger partial charge in [-0.1, -0.05) is 0 Å². The van der Waals surface area contributed by atoms with E-state index < -0.39 is 0 Å². The van der Waals surface area contributed by atoms with Crippen LogP contribution in [0.3, 0.4) is 0 Å². The third-order valence-corrected chi connectivity index (χ3v) is 4.35. The van der Waals surface area contributed by atoms with Gasteiger partial charge in [-0.15, -0.1) is 0 Å². The molecule has 6 heteroatoms. The summed E-state index contributed by atoms with van der Waals surface area (Å²) in [5.74, 6) is 0.994. The van der Waals surface area contributed by atoms with E-state index >= 15 is 0 Å². The Morgan fingerprint density at radius 2 is 1.80 bits per heavy atom. The number of pyridine rings is 1. The van der Waals surface area contributed by atoms with E-state index in [1.165, 1.54) is 19.3 Å². The second-order valence-corrected chi connectivity index (χ2v) is 6.00. The molecule has 1 N–H and O–H groups in total. The highest BCUT2D eigenvalue weighted by atomic mass is 16.5. The average Bonchev–Trinajstić information content (AvgIpc) is 2.68. The van der Waals surface area contributed by atoms with E-state index in [9.17, 15) is 4.79 Å². The Bertz CT molecular complexity index is 742. The van der Waals surface area contributed by atoms with Crippen LogP contribution >= 0.6 is 0 Å². The number of piperidine rings is 1. The third-order valence-electron chi connectivity index (χ3n) is 4.35. The fourth-order valence-corrected chi connectivity index (χ4v) is 2.99. The molecule has 1 aliphatic heterocycles. The molecule has 0 saturated carbocycles. The maximum absolute atomic E-state index is 12.6. The number of ether oxygens (including phenoxy) is 2. The van der Waals surface area contributed by atoms with Crippen LogP contribution in [0.25, 0.3) is 0 Å². The molecule has 3 rings (SSSR count). The summed E-state index contributed by atoms with van der Waals surface area (Å²) in [4.78, 5) is 19.1. The molecule has 0 aliphatic carbocycles. The van der Waals surface area contributed by atoms with Crippen molar-refractivity contribution in [1.29, 1.82) is 0 Å². The zero-order chi connectivity index (χ0) is 17.6. The monoisotopic (exact) mass is 341 g/mol. The normalized spacial score (nSPS) is 14.1. The van der Waals surface area contributed by atoms with E-state index in [4.69, 9.17) is 9.47 Å². The van der Waals surface area contributed by atoms with Gasteiger partial charge < -0.3 is 19.7 Å². The summed E-state index contributed by atoms with van der Waals surface area (Å²) in [6, 6.07) is 7.17. The lowest BCUT2D eigenvalue weighted by Crippen LogP contribution is -2.29. The number of methoxy groups -OCH3 is 2. The summed E-state index contributed by atoms with van der Waals surface area (Å²) < 4.78 is 10.5. The Kier molecular flexibility index (Phi) is 5.38. The van der Waals surface area contributed by atoms with E-state index in [-0.39, 0.29) is 5.91 Å². The van der Waals surface area contributed by atoms with Crippen LogP contribution in [0.1, 0.15) is 29.6 Å². The number of aromatic nitrogens is 1. The summed E-state index contributed by atoms with van der Waals surface area (Å²) in [6.07, 6.45) is 7.04. The van der Waals surface area contributed by atoms with Crippen molar-refractivity contribution in [3.63, 3.8) is 0 Å². The van der Waals surface area contributed by atoms with Crippen LogP contribution in [0.4, 0.5) is 11.4 Å². The molecule has 1 aromatic carbocycles. The maximum atomic E-state index is 12.6. The van der Waals surface area contributed by atoms with Crippen molar-refractivity contribution in [2.75, 3.05) is 37.5 Å². The smallest absolute Gasteiger partial charge is 0.257 e. The van der Waals surface area contributed by atoms with Gasteiger partial charge in [-0.25, -0.2) is 0 Å². The minimum absolute atomic E-state index is 0.196. The molecule has 0 radical (unpaired) electrons. The first kappa shape index (κ1) is 17.1. The lowest BCUT2D eigenvalue weighted by atomic mass is 10.1. The predicted octanol–water partition coefficient (Wildman–Crippen LogP) is 3.34. The third kappa shape index (κ3) is 4.02. The minimum Gasteiger partial charge on any atom is -0.493 e. The van der Waals surface area contributed by atoms with Crippen LogP contribution in [0.5, 0.6) is 11.5 Å². The van der Waals surface area contributed by atoms with Gasteiger partial charge in [0, 0.05) is 31.0 Å². The molecule has 0 spiro atoms. The Labute approximate surface area is 147 Å². The summed E-state index contributed by atoms with van der Waals surface area (Å²) in [5.41, 5.74) is 2.18. The van der Waals surface area contributed by atoms with E-state index in [0.29, 0.717) is 22.7 Å². The Balaban J connectivity index is 1.75. The van der Waals surface area contributed by atoms with E-state index in [1.54, 1.807) is 38.6 Å². The highest BCUT2D eigenvalue weighted by Gasteiger charge is 2.14. The average molecular weight is 341 g/mol. The molecule has 0 bridgehead atoms. The molecule has 1 aromatic heterocycles. The minimum atomic E-state index is -0.196. The summed E-state index contributed by atoms with van der Waals surface area (Å²) in [5, 5.41) is 2.88. The standard InChI is InChI=1S/C19H23N3O3/c1-24-17-7-6-15(11-18(17)25-2)21-19(23)14-10-16(13-20-12-14)22-8-4-3-5-9-22/h6-7,10-13H,3-5,8-9H2,1-2H3,(H,21,23). The number of nitrogens with zero attached hydrogens (tertiary/aromatic N) is 2. The molecular formula is C19H23N3O3. The van der Waals surface area contributed by atoms with Gasteiger partial charge in [0.05, 0.1) is 31.7 Å². The molecule has 25 heavy (non-hydrogen) atoms. The van der Waals surface area contributed by atoms with Gasteiger partial charge in [0.1, 0.15) is 0 Å². The number of carbonyl (C=O) groups excluding carboxylic acids is 1. The first-order chi connectivity index (χ1) is 12.2. The van der Waals surface area contributed by atoms with Crippen LogP contribution in [0, 0.1) is 0 Å². The fraction of sp³-hybridized carbons (Fsp3) is 0.368. The molecule has 1 saturated heterocycles. The van der Waals surface area contributed by atoms with Gasteiger partial charge in [0.25, 0.3) is 5.91 Å². The Morgan fingerprint density at radius 3 is 2.52 bits per heavy atom. The van der Waals surface area contributed by atoms with E-state index in [0.717, 1.165) is 18.8 Å². The van der Waals surface area contributed by atoms with Gasteiger partial charge in [-0.2, -0.15) is 0 Å². The molecule has 0 unspecified atom stereocenters. The molecule has 6 nitrogen and oxygen atoms in total. The van der Waals surface area contributed by atoms with Crippen molar-refractivity contribution in [1.82, 2.24) is 4.98 Å². The number of hydrogen-bond donors (Lipinski definition) is 1. The quantitative estimate of drug-likeness (QED) is 0.904. The topological polar surface area (TPSA) is 63.7 Å². The molecular weight excluding hydrogens is 318 g/mol. The van der Waals surface area contributed by atoms with Crippen molar-refractivity contribution < 1.29 is 14.3 Å². The fourth-order valence-electron chi connectivity index (χ4n) is 2.99. The van der Waals surface area contributed by atoms with E-state index in [2.05, 4.69) is 15.2 Å². The Morgan fingerprint density at radius 1 is 1.04 bits per heavy atom. The molecule has 1 amide bonds. The highest BCUT2D eigenvalue weighted by molar-refractivity contribution is 6.04. The SMILES string of the molecule is COc1ccc(NC(=O)c2cncc(N3CCCCC3)c2)cc1OC. The van der Waals surface area contributed by atoms with Crippen molar-refractivity contribution in [2.24, 2.45) is 0 Å². The van der Waals surface area contributed by atoms with Gasteiger partial charge in [-0.3, -0.25) is 9.78 Å². The van der Waals surface area contributed by atoms with Crippen LogP contribution in [0.2, 0.25) is 0 Å². The number of anilines is 2. The lowest BCUT2D eigenvalue weighted by molar-refractivity contribution is 0.102. The van der Waals surface area contributed by atoms with Gasteiger partial charge in [-0.05, 0) is 37.5 Å². The maximum Gasteiger partial charge on any atom is 0.257 e. The zero-order valence-electron chi connectivity index (χ0n) is 14.6. The van der Waals surface area contributed by atoms with Crippen molar-refractivity contribution in [3.8, 4) is 11.5 Å². The molecule has 1 fully saturated rings. The number of benzene rings is 1. The number of hydrogen-bond acceptors (Lipinski definition) is 5. The van der Waals surface area contributed by atoms with Gasteiger partial charge in [0.15, 0.2) is 11.5 Å². The number of nitrogens with one attached hydrogen (secondary N) is 1. The highest BCUT2D eigenvalue weighted by Crippen LogP contribution is 2.30. The molecule has 2 heterocycles. The summed E-state index contributed by atoms with van der Waals surface area (Å²) >= 11 is 0. The van der Waals surface area contributed by atoms with Gasteiger partial charge in [0.2, 0.25) is 0 Å². The van der Waals surface area contributed by atoms with E-state index in [1.807, 2.05) is 12.3 Å². The second kappa shape index (κ2) is 7.88. The van der Waals surface area contributed by atoms with Crippen LogP contribution in [-0.4, -0.2) is 38.2 Å². The number of rotatable bonds is 5. The zero-order valence-corrected chi connectivity index (χ0v) is 14.6. The Hall–Kier alpha value is -2.76. The molecule has 1 aliphatic rings. The van der Waals surface area contributed by atoms with Crippen molar-refractivity contribution >= 4 is 17.3 Å². The molecule has 132 valence electrons. The summed E-state index contributed by atoms with van der Waals surface area (Å²) in [7, 11) is 3.14. The number of carbonyl (C=O) groups is 1. The molecule has 2 aromatic rings. The first-order valence-corrected chi connectivity index (χ1v) is 8.44. The lowest BCUT2D eigenvalue weighted by Gasteiger charge is -2.28. The second-order valence-electron chi connectivity index (χ2n) is 6.00. The number of amides is 1. The van der Waals surface area contributed by atoms with Crippen LogP contribution in [-0.2, 0) is 0 Å². The summed E-state index contributed by atoms with van der Waals surface area (Å²) in [6.45, 7) is 2.03. The largest absolute Gasteiger partial charge is 0.493 e. The van der Waals surface area contributed by atoms with Crippen molar-refractivity contribution in [2.45, 2.75) is 19.3 Å². The van der Waals surface area contributed by atoms with Crippen LogP contribution < -0.4 is 19.7 Å².